The van der Waals surface area contributed by atoms with E-state index in [9.17, 15) is 4.79 Å². The number of hydrogen-bond acceptors (Lipinski definition) is 2. The third-order valence-electron chi connectivity index (χ3n) is 3.64. The van der Waals surface area contributed by atoms with Crippen LogP contribution < -0.4 is 5.32 Å². The monoisotopic (exact) mass is 425 g/mol. The van der Waals surface area contributed by atoms with Gasteiger partial charge in [-0.3, -0.25) is 9.20 Å². The summed E-state index contributed by atoms with van der Waals surface area (Å²) in [5, 5.41) is 3.59. The summed E-state index contributed by atoms with van der Waals surface area (Å²) < 4.78 is 2.63. The van der Waals surface area contributed by atoms with Crippen molar-refractivity contribution < 1.29 is 4.79 Å². The number of hydrogen-bond donors (Lipinski definition) is 1. The minimum atomic E-state index is -0.299. The van der Waals surface area contributed by atoms with E-state index >= 15 is 0 Å². The summed E-state index contributed by atoms with van der Waals surface area (Å²) in [5.74, 6) is -0.299. The van der Waals surface area contributed by atoms with Gasteiger partial charge in [-0.25, -0.2) is 4.98 Å². The molecule has 24 heavy (non-hydrogen) atoms. The Balaban J connectivity index is 2.13. The smallest absolute Gasteiger partial charge is 0.274 e. The van der Waals surface area contributed by atoms with E-state index in [4.69, 9.17) is 23.2 Å². The van der Waals surface area contributed by atoms with Gasteiger partial charge in [-0.2, -0.15) is 0 Å². The molecule has 1 amide bonds. The zero-order valence-electron chi connectivity index (χ0n) is 13.0. The molecule has 0 atom stereocenters. The van der Waals surface area contributed by atoms with Crippen LogP contribution in [-0.2, 0) is 6.42 Å². The first kappa shape index (κ1) is 17.3. The second-order valence-corrected chi connectivity index (χ2v) is 7.04. The lowest BCUT2D eigenvalue weighted by molar-refractivity contribution is 0.102. The van der Waals surface area contributed by atoms with Gasteiger partial charge >= 0.3 is 0 Å². The van der Waals surface area contributed by atoms with Gasteiger partial charge in [0.2, 0.25) is 0 Å². The lowest BCUT2D eigenvalue weighted by Crippen LogP contribution is -2.17. The number of carbonyl (C=O) groups excluding carboxylic acids is 1. The molecule has 0 aliphatic carbocycles. The average Bonchev–Trinajstić information content (AvgIpc) is 2.89. The summed E-state index contributed by atoms with van der Waals surface area (Å²) in [6, 6.07) is 7.05. The normalized spacial score (nSPS) is 11.0. The van der Waals surface area contributed by atoms with Crippen LogP contribution in [0.3, 0.4) is 0 Å². The van der Waals surface area contributed by atoms with Gasteiger partial charge in [0.05, 0.1) is 25.9 Å². The van der Waals surface area contributed by atoms with Gasteiger partial charge in [-0.15, -0.1) is 0 Å². The van der Waals surface area contributed by atoms with Crippen molar-refractivity contribution in [3.05, 3.63) is 61.9 Å². The number of halogens is 3. The van der Waals surface area contributed by atoms with Crippen LogP contribution >= 0.6 is 39.1 Å². The Morgan fingerprint density at radius 1 is 1.33 bits per heavy atom. The fourth-order valence-corrected chi connectivity index (χ4v) is 3.69. The standard InChI is InChI=1S/C17H14BrCl2N3O/c1-3-13-15(23-8-9(2)7-10(18)16(23)21-13)17(24)22-14-11(19)5-4-6-12(14)20/h4-8H,3H2,1-2H3,(H,22,24). The van der Waals surface area contributed by atoms with Gasteiger partial charge in [-0.05, 0) is 53.0 Å². The lowest BCUT2D eigenvalue weighted by atomic mass is 10.2. The molecule has 124 valence electrons. The van der Waals surface area contributed by atoms with Gasteiger partial charge in [0.1, 0.15) is 5.69 Å². The first-order valence-electron chi connectivity index (χ1n) is 7.34. The fourth-order valence-electron chi connectivity index (χ4n) is 2.56. The molecule has 0 aliphatic rings. The number of para-hydroxylation sites is 1. The summed E-state index contributed by atoms with van der Waals surface area (Å²) in [5.41, 5.74) is 3.30. The number of anilines is 1. The third-order valence-corrected chi connectivity index (χ3v) is 4.85. The number of aryl methyl sites for hydroxylation is 2. The molecule has 2 aromatic heterocycles. The maximum absolute atomic E-state index is 12.9. The Labute approximate surface area is 157 Å². The molecule has 0 fully saturated rings. The maximum Gasteiger partial charge on any atom is 0.274 e. The third kappa shape index (κ3) is 3.04. The number of pyridine rings is 1. The SMILES string of the molecule is CCc1nc2c(Br)cc(C)cn2c1C(=O)Nc1c(Cl)cccc1Cl. The lowest BCUT2D eigenvalue weighted by Gasteiger charge is -2.10. The Hall–Kier alpha value is -1.56. The van der Waals surface area contributed by atoms with Crippen molar-refractivity contribution in [2.75, 3.05) is 5.32 Å². The second-order valence-electron chi connectivity index (χ2n) is 5.37. The minimum absolute atomic E-state index is 0.299. The maximum atomic E-state index is 12.9. The van der Waals surface area contributed by atoms with E-state index in [1.807, 2.05) is 26.1 Å². The highest BCUT2D eigenvalue weighted by Gasteiger charge is 2.21. The molecule has 0 bridgehead atoms. The Morgan fingerprint density at radius 3 is 2.62 bits per heavy atom. The van der Waals surface area contributed by atoms with Crippen LogP contribution in [0.2, 0.25) is 10.0 Å². The number of amides is 1. The topological polar surface area (TPSA) is 46.4 Å². The molecule has 3 aromatic rings. The molecule has 2 heterocycles. The summed E-state index contributed by atoms with van der Waals surface area (Å²) in [4.78, 5) is 17.5. The predicted molar refractivity (Wildman–Crippen MR) is 101 cm³/mol. The number of nitrogens with zero attached hydrogens (tertiary/aromatic N) is 2. The number of fused-ring (bicyclic) bond motifs is 1. The highest BCUT2D eigenvalue weighted by Crippen LogP contribution is 2.31. The van der Waals surface area contributed by atoms with Crippen molar-refractivity contribution >= 4 is 56.4 Å². The summed E-state index contributed by atoms with van der Waals surface area (Å²) in [6.07, 6.45) is 2.52. The van der Waals surface area contributed by atoms with Gasteiger partial charge in [0.15, 0.2) is 5.65 Å². The van der Waals surface area contributed by atoms with Crippen LogP contribution in [0.25, 0.3) is 5.65 Å². The van der Waals surface area contributed by atoms with Crippen molar-refractivity contribution in [1.29, 1.82) is 0 Å². The van der Waals surface area contributed by atoms with Crippen LogP contribution in [0.4, 0.5) is 5.69 Å². The van der Waals surface area contributed by atoms with Crippen molar-refractivity contribution in [1.82, 2.24) is 9.38 Å². The van der Waals surface area contributed by atoms with Crippen molar-refractivity contribution in [3.63, 3.8) is 0 Å². The Bertz CT molecular complexity index is 932. The Morgan fingerprint density at radius 2 is 2.00 bits per heavy atom. The van der Waals surface area contributed by atoms with Crippen molar-refractivity contribution in [3.8, 4) is 0 Å². The fraction of sp³-hybridized carbons (Fsp3) is 0.176. The van der Waals surface area contributed by atoms with Crippen LogP contribution in [-0.4, -0.2) is 15.3 Å². The van der Waals surface area contributed by atoms with Gasteiger partial charge in [0, 0.05) is 6.20 Å². The summed E-state index contributed by atoms with van der Waals surface area (Å²) >= 11 is 15.8. The number of aromatic nitrogens is 2. The van der Waals surface area contributed by atoms with E-state index in [1.54, 1.807) is 22.6 Å². The van der Waals surface area contributed by atoms with E-state index in [0.717, 1.165) is 10.0 Å². The first-order chi connectivity index (χ1) is 11.4. The average molecular weight is 427 g/mol. The van der Waals surface area contributed by atoms with Crippen molar-refractivity contribution in [2.45, 2.75) is 20.3 Å². The van der Waals surface area contributed by atoms with Gasteiger partial charge in [-0.1, -0.05) is 36.2 Å². The quantitative estimate of drug-likeness (QED) is 0.598. The van der Waals surface area contributed by atoms with Crippen LogP contribution in [0.5, 0.6) is 0 Å². The molecule has 7 heteroatoms. The molecule has 0 saturated carbocycles. The number of nitrogens with one attached hydrogen (secondary N) is 1. The molecule has 0 aliphatic heterocycles. The number of imidazole rings is 1. The van der Waals surface area contributed by atoms with E-state index < -0.39 is 0 Å². The largest absolute Gasteiger partial charge is 0.318 e. The molecular weight excluding hydrogens is 413 g/mol. The molecule has 3 rings (SSSR count). The number of benzene rings is 1. The zero-order valence-corrected chi connectivity index (χ0v) is 16.1. The molecular formula is C17H14BrCl2N3O. The molecule has 0 spiro atoms. The van der Waals surface area contributed by atoms with Crippen LogP contribution in [0.15, 0.2) is 34.9 Å². The molecule has 1 N–H and O–H groups in total. The predicted octanol–water partition coefficient (Wildman–Crippen LogP) is 5.53. The number of carbonyl (C=O) groups is 1. The van der Waals surface area contributed by atoms with Crippen LogP contribution in [0.1, 0.15) is 28.7 Å². The first-order valence-corrected chi connectivity index (χ1v) is 8.89. The van der Waals surface area contributed by atoms with E-state index in [0.29, 0.717) is 39.2 Å². The second kappa shape index (κ2) is 6.75. The Kier molecular flexibility index (Phi) is 4.85. The highest BCUT2D eigenvalue weighted by molar-refractivity contribution is 9.10. The van der Waals surface area contributed by atoms with E-state index in [1.165, 1.54) is 0 Å². The summed E-state index contributed by atoms with van der Waals surface area (Å²) in [6.45, 7) is 3.92. The number of rotatable bonds is 3. The van der Waals surface area contributed by atoms with E-state index in [2.05, 4.69) is 26.2 Å². The molecule has 1 aromatic carbocycles. The zero-order chi connectivity index (χ0) is 17.4. The molecule has 0 radical (unpaired) electrons. The van der Waals surface area contributed by atoms with Crippen LogP contribution in [0, 0.1) is 6.92 Å². The molecule has 0 unspecified atom stereocenters. The van der Waals surface area contributed by atoms with Gasteiger partial charge < -0.3 is 5.32 Å². The van der Waals surface area contributed by atoms with Crippen molar-refractivity contribution in [2.24, 2.45) is 0 Å². The minimum Gasteiger partial charge on any atom is -0.318 e. The molecule has 0 saturated heterocycles. The molecule has 4 nitrogen and oxygen atoms in total. The van der Waals surface area contributed by atoms with Gasteiger partial charge in [0.25, 0.3) is 5.91 Å². The van der Waals surface area contributed by atoms with E-state index in [-0.39, 0.29) is 5.91 Å². The summed E-state index contributed by atoms with van der Waals surface area (Å²) in [7, 11) is 0. The highest BCUT2D eigenvalue weighted by atomic mass is 79.9.